The molecule has 1 aliphatic rings. The quantitative estimate of drug-likeness (QED) is 0.879. The number of hydrogen-bond donors (Lipinski definition) is 2. The molecular formula is C13H18ClN3O2S. The summed E-state index contributed by atoms with van der Waals surface area (Å²) in [6.45, 7) is 3.65. The molecule has 1 saturated heterocycles. The third-order valence-electron chi connectivity index (χ3n) is 3.37. The zero-order valence-electron chi connectivity index (χ0n) is 11.2. The molecule has 0 saturated carbocycles. The molecule has 2 rings (SSSR count). The topological polar surface area (TPSA) is 82.0 Å². The Morgan fingerprint density at radius 1 is 1.45 bits per heavy atom. The average Bonchev–Trinajstić information content (AvgIpc) is 2.41. The van der Waals surface area contributed by atoms with E-state index in [1.807, 2.05) is 13.0 Å². The second-order valence-electron chi connectivity index (χ2n) is 4.84. The standard InChI is InChI=1S/C13H17N3O2S.ClH/c1-10-9-15-6-5-13(10)16-19(17,18)12-4-2-3-11(7-12)8-14;/h2-4,7,10,13,15-16H,5-6,9H2,1H3;1H. The molecule has 0 bridgehead atoms. The minimum atomic E-state index is -3.55. The molecule has 110 valence electrons. The molecule has 2 unspecified atom stereocenters. The summed E-state index contributed by atoms with van der Waals surface area (Å²) in [6.07, 6.45) is 0.776. The summed E-state index contributed by atoms with van der Waals surface area (Å²) >= 11 is 0. The highest BCUT2D eigenvalue weighted by Gasteiger charge is 2.26. The minimum Gasteiger partial charge on any atom is -0.316 e. The summed E-state index contributed by atoms with van der Waals surface area (Å²) < 4.78 is 27.3. The number of nitrogens with zero attached hydrogens (tertiary/aromatic N) is 1. The molecule has 1 aromatic rings. The summed E-state index contributed by atoms with van der Waals surface area (Å²) in [6, 6.07) is 7.97. The van der Waals surface area contributed by atoms with Gasteiger partial charge in [-0.1, -0.05) is 13.0 Å². The number of hydrogen-bond acceptors (Lipinski definition) is 4. The summed E-state index contributed by atoms with van der Waals surface area (Å²) in [5.74, 6) is 0.252. The zero-order valence-corrected chi connectivity index (χ0v) is 12.8. The van der Waals surface area contributed by atoms with Crippen molar-refractivity contribution in [3.05, 3.63) is 29.8 Å². The van der Waals surface area contributed by atoms with E-state index in [-0.39, 0.29) is 29.3 Å². The molecule has 1 aromatic carbocycles. The Bertz CT molecular complexity index is 598. The Balaban J connectivity index is 0.00000200. The van der Waals surface area contributed by atoms with Crippen molar-refractivity contribution < 1.29 is 8.42 Å². The summed E-state index contributed by atoms with van der Waals surface area (Å²) in [5, 5.41) is 12.0. The van der Waals surface area contributed by atoms with Crippen molar-refractivity contribution in [3.63, 3.8) is 0 Å². The highest BCUT2D eigenvalue weighted by Crippen LogP contribution is 2.16. The number of rotatable bonds is 3. The molecule has 7 heteroatoms. The lowest BCUT2D eigenvalue weighted by Gasteiger charge is -2.29. The average molecular weight is 316 g/mol. The molecule has 0 radical (unpaired) electrons. The van der Waals surface area contributed by atoms with Gasteiger partial charge >= 0.3 is 0 Å². The van der Waals surface area contributed by atoms with E-state index in [9.17, 15) is 8.42 Å². The fraction of sp³-hybridized carbons (Fsp3) is 0.462. The van der Waals surface area contributed by atoms with Gasteiger partial charge in [-0.25, -0.2) is 13.1 Å². The lowest BCUT2D eigenvalue weighted by molar-refractivity contribution is 0.328. The maximum Gasteiger partial charge on any atom is 0.240 e. The number of halogens is 1. The lowest BCUT2D eigenvalue weighted by atomic mass is 9.97. The molecule has 1 aliphatic heterocycles. The van der Waals surface area contributed by atoms with Crippen LogP contribution in [0.3, 0.4) is 0 Å². The Labute approximate surface area is 125 Å². The van der Waals surface area contributed by atoms with Crippen molar-refractivity contribution >= 4 is 22.4 Å². The molecule has 1 heterocycles. The van der Waals surface area contributed by atoms with Crippen molar-refractivity contribution in [1.29, 1.82) is 5.26 Å². The van der Waals surface area contributed by atoms with Crippen LogP contribution < -0.4 is 10.0 Å². The van der Waals surface area contributed by atoms with E-state index in [2.05, 4.69) is 10.0 Å². The van der Waals surface area contributed by atoms with Gasteiger partial charge in [0.2, 0.25) is 10.0 Å². The summed E-state index contributed by atoms with van der Waals surface area (Å²) in [5.41, 5.74) is 0.348. The van der Waals surface area contributed by atoms with Gasteiger partial charge in [-0.15, -0.1) is 12.4 Å². The number of benzene rings is 1. The predicted octanol–water partition coefficient (Wildman–Crippen LogP) is 1.26. The highest BCUT2D eigenvalue weighted by atomic mass is 35.5. The van der Waals surface area contributed by atoms with Crippen LogP contribution in [0.4, 0.5) is 0 Å². The Hall–Kier alpha value is -1.13. The van der Waals surface area contributed by atoms with Crippen LogP contribution in [0.2, 0.25) is 0 Å². The van der Waals surface area contributed by atoms with Crippen molar-refractivity contribution in [2.24, 2.45) is 5.92 Å². The third kappa shape index (κ3) is 3.93. The first-order valence-electron chi connectivity index (χ1n) is 6.26. The van der Waals surface area contributed by atoms with E-state index < -0.39 is 10.0 Å². The summed E-state index contributed by atoms with van der Waals surface area (Å²) in [4.78, 5) is 0.150. The number of nitrogens with one attached hydrogen (secondary N) is 2. The smallest absolute Gasteiger partial charge is 0.240 e. The molecule has 0 amide bonds. The van der Waals surface area contributed by atoms with Gasteiger partial charge in [0, 0.05) is 6.04 Å². The fourth-order valence-corrected chi connectivity index (χ4v) is 3.61. The van der Waals surface area contributed by atoms with E-state index in [0.29, 0.717) is 5.56 Å². The second kappa shape index (κ2) is 7.04. The van der Waals surface area contributed by atoms with Crippen molar-refractivity contribution in [1.82, 2.24) is 10.0 Å². The van der Waals surface area contributed by atoms with Crippen molar-refractivity contribution in [2.45, 2.75) is 24.3 Å². The van der Waals surface area contributed by atoms with Crippen molar-refractivity contribution in [2.75, 3.05) is 13.1 Å². The fourth-order valence-electron chi connectivity index (χ4n) is 2.19. The Morgan fingerprint density at radius 3 is 2.85 bits per heavy atom. The predicted molar refractivity (Wildman–Crippen MR) is 79.2 cm³/mol. The summed E-state index contributed by atoms with van der Waals surface area (Å²) in [7, 11) is -3.55. The molecule has 2 N–H and O–H groups in total. The van der Waals surface area contributed by atoms with E-state index >= 15 is 0 Å². The van der Waals surface area contributed by atoms with Crippen LogP contribution in [0.5, 0.6) is 0 Å². The zero-order chi connectivity index (χ0) is 13.9. The second-order valence-corrected chi connectivity index (χ2v) is 6.55. The van der Waals surface area contributed by atoms with E-state index in [0.717, 1.165) is 19.5 Å². The Morgan fingerprint density at radius 2 is 2.20 bits per heavy atom. The maximum atomic E-state index is 12.3. The van der Waals surface area contributed by atoms with E-state index in [1.54, 1.807) is 12.1 Å². The molecule has 0 aliphatic carbocycles. The number of piperidine rings is 1. The first-order valence-corrected chi connectivity index (χ1v) is 7.74. The van der Waals surface area contributed by atoms with Gasteiger partial charge in [-0.05, 0) is 43.6 Å². The van der Waals surface area contributed by atoms with Crippen LogP contribution in [0.25, 0.3) is 0 Å². The normalized spacial score (nSPS) is 22.6. The number of sulfonamides is 1. The molecule has 1 fully saturated rings. The minimum absolute atomic E-state index is 0. The van der Waals surface area contributed by atoms with Gasteiger partial charge in [0.1, 0.15) is 0 Å². The maximum absolute atomic E-state index is 12.3. The number of nitriles is 1. The van der Waals surface area contributed by atoms with Crippen LogP contribution in [-0.2, 0) is 10.0 Å². The van der Waals surface area contributed by atoms with Crippen LogP contribution in [-0.4, -0.2) is 27.5 Å². The lowest BCUT2D eigenvalue weighted by Crippen LogP contribution is -2.48. The molecule has 0 spiro atoms. The Kier molecular flexibility index (Phi) is 5.96. The third-order valence-corrected chi connectivity index (χ3v) is 4.85. The monoisotopic (exact) mass is 315 g/mol. The molecule has 20 heavy (non-hydrogen) atoms. The largest absolute Gasteiger partial charge is 0.316 e. The van der Waals surface area contributed by atoms with Gasteiger partial charge < -0.3 is 5.32 Å². The SMILES string of the molecule is CC1CNCCC1NS(=O)(=O)c1cccc(C#N)c1.Cl. The van der Waals surface area contributed by atoms with Crippen LogP contribution in [0, 0.1) is 17.2 Å². The first kappa shape index (κ1) is 16.9. The van der Waals surface area contributed by atoms with Gasteiger partial charge in [-0.2, -0.15) is 5.26 Å². The molecule has 5 nitrogen and oxygen atoms in total. The van der Waals surface area contributed by atoms with E-state index in [4.69, 9.17) is 5.26 Å². The van der Waals surface area contributed by atoms with Crippen LogP contribution >= 0.6 is 12.4 Å². The first-order chi connectivity index (χ1) is 9.03. The van der Waals surface area contributed by atoms with Crippen LogP contribution in [0.15, 0.2) is 29.2 Å². The molecular weight excluding hydrogens is 298 g/mol. The van der Waals surface area contributed by atoms with Gasteiger partial charge in [0.15, 0.2) is 0 Å². The van der Waals surface area contributed by atoms with Crippen molar-refractivity contribution in [3.8, 4) is 6.07 Å². The van der Waals surface area contributed by atoms with E-state index in [1.165, 1.54) is 12.1 Å². The van der Waals surface area contributed by atoms with Crippen LogP contribution in [0.1, 0.15) is 18.9 Å². The highest BCUT2D eigenvalue weighted by molar-refractivity contribution is 7.89. The van der Waals surface area contributed by atoms with Gasteiger partial charge in [0.25, 0.3) is 0 Å². The van der Waals surface area contributed by atoms with Gasteiger partial charge in [-0.3, -0.25) is 0 Å². The molecule has 0 aromatic heterocycles. The van der Waals surface area contributed by atoms with Gasteiger partial charge in [0.05, 0.1) is 16.5 Å². The molecule has 2 atom stereocenters.